The Hall–Kier alpha value is -2.82. The quantitative estimate of drug-likeness (QED) is 0.889. The maximum atomic E-state index is 12.4. The summed E-state index contributed by atoms with van der Waals surface area (Å²) in [5.74, 6) is 0.415. The molecule has 0 radical (unpaired) electrons. The molecule has 1 aliphatic heterocycles. The van der Waals surface area contributed by atoms with Crippen LogP contribution < -0.4 is 5.32 Å². The number of nitrogens with one attached hydrogen (secondary N) is 1. The average molecular weight is 352 g/mol. The first-order chi connectivity index (χ1) is 12.5. The van der Waals surface area contributed by atoms with Gasteiger partial charge in [0.25, 0.3) is 5.91 Å². The summed E-state index contributed by atoms with van der Waals surface area (Å²) >= 11 is 0. The summed E-state index contributed by atoms with van der Waals surface area (Å²) in [6.07, 6.45) is 1.78. The van der Waals surface area contributed by atoms with Crippen molar-refractivity contribution in [3.63, 3.8) is 0 Å². The van der Waals surface area contributed by atoms with E-state index in [4.69, 9.17) is 0 Å². The van der Waals surface area contributed by atoms with Gasteiger partial charge in [0.05, 0.1) is 6.54 Å². The monoisotopic (exact) mass is 352 g/mol. The van der Waals surface area contributed by atoms with E-state index in [-0.39, 0.29) is 24.1 Å². The smallest absolute Gasteiger partial charge is 0.251 e. The van der Waals surface area contributed by atoms with Crippen LogP contribution in [0.5, 0.6) is 5.75 Å². The van der Waals surface area contributed by atoms with Crippen LogP contribution in [0.3, 0.4) is 0 Å². The molecular formula is C21H24N2O3. The molecule has 1 aliphatic rings. The topological polar surface area (TPSA) is 69.6 Å². The van der Waals surface area contributed by atoms with Crippen LogP contribution in [0.4, 0.5) is 0 Å². The molecule has 1 saturated heterocycles. The molecule has 2 N–H and O–H groups in total. The van der Waals surface area contributed by atoms with Crippen LogP contribution >= 0.6 is 0 Å². The molecule has 5 nitrogen and oxygen atoms in total. The van der Waals surface area contributed by atoms with Crippen molar-refractivity contribution >= 4 is 11.8 Å². The van der Waals surface area contributed by atoms with Gasteiger partial charge in [-0.1, -0.05) is 30.3 Å². The van der Waals surface area contributed by atoms with E-state index in [0.717, 1.165) is 18.4 Å². The molecule has 0 spiro atoms. The number of rotatable bonds is 4. The highest BCUT2D eigenvalue weighted by atomic mass is 16.3. The van der Waals surface area contributed by atoms with Crippen molar-refractivity contribution in [3.05, 3.63) is 65.2 Å². The molecule has 1 fully saturated rings. The Morgan fingerprint density at radius 2 is 1.73 bits per heavy atom. The maximum absolute atomic E-state index is 12.4. The van der Waals surface area contributed by atoms with Crippen molar-refractivity contribution in [2.24, 2.45) is 0 Å². The maximum Gasteiger partial charge on any atom is 0.251 e. The Labute approximate surface area is 153 Å². The van der Waals surface area contributed by atoms with Crippen LogP contribution in [0.1, 0.15) is 40.2 Å². The lowest BCUT2D eigenvalue weighted by atomic mass is 9.89. The number of aromatic hydroxyl groups is 1. The molecule has 0 aliphatic carbocycles. The fourth-order valence-corrected chi connectivity index (χ4v) is 3.40. The minimum absolute atomic E-state index is 0.0248. The van der Waals surface area contributed by atoms with E-state index in [1.54, 1.807) is 18.2 Å². The fourth-order valence-electron chi connectivity index (χ4n) is 3.40. The molecule has 5 heteroatoms. The first-order valence-corrected chi connectivity index (χ1v) is 8.95. The minimum atomic E-state index is -0.213. The van der Waals surface area contributed by atoms with Crippen molar-refractivity contribution in [2.75, 3.05) is 19.6 Å². The highest BCUT2D eigenvalue weighted by molar-refractivity contribution is 5.97. The fraction of sp³-hybridized carbons (Fsp3) is 0.333. The van der Waals surface area contributed by atoms with Gasteiger partial charge in [0, 0.05) is 18.7 Å². The number of phenolic OH excluding ortho intramolecular Hbond substituents is 1. The second kappa shape index (κ2) is 8.04. The standard InChI is InChI=1S/C21H24N2O3/c1-15-4-2-3-5-19(15)21(26)22-14-20(25)23-12-10-17(11-13-23)16-6-8-18(24)9-7-16/h2-9,17,24H,10-14H2,1H3,(H,22,26). The van der Waals surface area contributed by atoms with Gasteiger partial charge in [-0.3, -0.25) is 9.59 Å². The molecule has 0 saturated carbocycles. The lowest BCUT2D eigenvalue weighted by molar-refractivity contribution is -0.131. The van der Waals surface area contributed by atoms with E-state index in [9.17, 15) is 14.7 Å². The molecular weight excluding hydrogens is 328 g/mol. The number of amides is 2. The second-order valence-electron chi connectivity index (χ2n) is 6.74. The Morgan fingerprint density at radius 1 is 1.08 bits per heavy atom. The predicted molar refractivity (Wildman–Crippen MR) is 100 cm³/mol. The summed E-state index contributed by atoms with van der Waals surface area (Å²) in [6.45, 7) is 3.27. The van der Waals surface area contributed by atoms with Gasteiger partial charge in [0.1, 0.15) is 5.75 Å². The summed E-state index contributed by atoms with van der Waals surface area (Å²) < 4.78 is 0. The van der Waals surface area contributed by atoms with Gasteiger partial charge in [0.2, 0.25) is 5.91 Å². The van der Waals surface area contributed by atoms with Crippen molar-refractivity contribution in [1.29, 1.82) is 0 Å². The lowest BCUT2D eigenvalue weighted by Gasteiger charge is -2.32. The molecule has 26 heavy (non-hydrogen) atoms. The number of likely N-dealkylation sites (tertiary alicyclic amines) is 1. The first-order valence-electron chi connectivity index (χ1n) is 8.95. The zero-order valence-corrected chi connectivity index (χ0v) is 14.9. The SMILES string of the molecule is Cc1ccccc1C(=O)NCC(=O)N1CCC(c2ccc(O)cc2)CC1. The van der Waals surface area contributed by atoms with E-state index >= 15 is 0 Å². The van der Waals surface area contributed by atoms with Gasteiger partial charge in [-0.05, 0) is 55.0 Å². The number of benzene rings is 2. The van der Waals surface area contributed by atoms with Gasteiger partial charge in [-0.15, -0.1) is 0 Å². The number of carbonyl (C=O) groups is 2. The van der Waals surface area contributed by atoms with Gasteiger partial charge < -0.3 is 15.3 Å². The molecule has 2 amide bonds. The molecule has 1 heterocycles. The van der Waals surface area contributed by atoms with Crippen LogP contribution in [0.2, 0.25) is 0 Å². The van der Waals surface area contributed by atoms with Crippen LogP contribution in [-0.4, -0.2) is 41.5 Å². The molecule has 0 atom stereocenters. The number of hydrogen-bond donors (Lipinski definition) is 2. The first kappa shape index (κ1) is 18.0. The minimum Gasteiger partial charge on any atom is -0.508 e. The molecule has 2 aromatic carbocycles. The van der Waals surface area contributed by atoms with Crippen molar-refractivity contribution in [1.82, 2.24) is 10.2 Å². The number of nitrogens with zero attached hydrogens (tertiary/aromatic N) is 1. The van der Waals surface area contributed by atoms with Crippen molar-refractivity contribution in [2.45, 2.75) is 25.7 Å². The number of phenols is 1. The normalized spacial score (nSPS) is 14.9. The van der Waals surface area contributed by atoms with Gasteiger partial charge in [-0.25, -0.2) is 0 Å². The third-order valence-electron chi connectivity index (χ3n) is 5.00. The van der Waals surface area contributed by atoms with Gasteiger partial charge in [-0.2, -0.15) is 0 Å². The summed E-state index contributed by atoms with van der Waals surface area (Å²) in [5, 5.41) is 12.1. The van der Waals surface area contributed by atoms with E-state index < -0.39 is 0 Å². The molecule has 2 aromatic rings. The van der Waals surface area contributed by atoms with Crippen molar-refractivity contribution in [3.8, 4) is 5.75 Å². The van der Waals surface area contributed by atoms with E-state index in [0.29, 0.717) is 24.6 Å². The number of carbonyl (C=O) groups excluding carboxylic acids is 2. The second-order valence-corrected chi connectivity index (χ2v) is 6.74. The van der Waals surface area contributed by atoms with Gasteiger partial charge in [0.15, 0.2) is 0 Å². The Morgan fingerprint density at radius 3 is 2.38 bits per heavy atom. The van der Waals surface area contributed by atoms with Gasteiger partial charge >= 0.3 is 0 Å². The highest BCUT2D eigenvalue weighted by Crippen LogP contribution is 2.28. The third kappa shape index (κ3) is 4.23. The molecule has 0 unspecified atom stereocenters. The molecule has 0 bridgehead atoms. The average Bonchev–Trinajstić information content (AvgIpc) is 2.67. The Bertz CT molecular complexity index is 778. The molecule has 136 valence electrons. The summed E-state index contributed by atoms with van der Waals surface area (Å²) in [7, 11) is 0. The van der Waals surface area contributed by atoms with E-state index in [2.05, 4.69) is 5.32 Å². The Kier molecular flexibility index (Phi) is 5.56. The lowest BCUT2D eigenvalue weighted by Crippen LogP contribution is -2.43. The summed E-state index contributed by atoms with van der Waals surface area (Å²) in [4.78, 5) is 26.4. The molecule has 0 aromatic heterocycles. The third-order valence-corrected chi connectivity index (χ3v) is 5.00. The number of aryl methyl sites for hydroxylation is 1. The van der Waals surface area contributed by atoms with Crippen LogP contribution in [-0.2, 0) is 4.79 Å². The van der Waals surface area contributed by atoms with Crippen molar-refractivity contribution < 1.29 is 14.7 Å². The zero-order valence-electron chi connectivity index (χ0n) is 14.9. The summed E-state index contributed by atoms with van der Waals surface area (Å²) in [5.41, 5.74) is 2.70. The highest BCUT2D eigenvalue weighted by Gasteiger charge is 2.24. The largest absolute Gasteiger partial charge is 0.508 e. The number of piperidine rings is 1. The zero-order chi connectivity index (χ0) is 18.5. The predicted octanol–water partition coefficient (Wildman–Crippen LogP) is 2.84. The number of hydrogen-bond acceptors (Lipinski definition) is 3. The van der Waals surface area contributed by atoms with Crippen LogP contribution in [0, 0.1) is 6.92 Å². The molecule has 3 rings (SSSR count). The Balaban J connectivity index is 1.48. The summed E-state index contributed by atoms with van der Waals surface area (Å²) in [6, 6.07) is 14.6. The van der Waals surface area contributed by atoms with E-state index in [1.807, 2.05) is 42.2 Å². The van der Waals surface area contributed by atoms with Crippen LogP contribution in [0.15, 0.2) is 48.5 Å². The van der Waals surface area contributed by atoms with E-state index in [1.165, 1.54) is 5.56 Å². The van der Waals surface area contributed by atoms with Crippen LogP contribution in [0.25, 0.3) is 0 Å².